The molecule has 0 aliphatic carbocycles. The summed E-state index contributed by atoms with van der Waals surface area (Å²) < 4.78 is 5.16. The number of hydrogen-bond donors (Lipinski definition) is 2. The van der Waals surface area contributed by atoms with Crippen molar-refractivity contribution in [1.82, 2.24) is 15.2 Å². The minimum atomic E-state index is -0.672. The monoisotopic (exact) mass is 301 g/mol. The molecule has 1 rings (SSSR count). The van der Waals surface area contributed by atoms with E-state index < -0.39 is 16.5 Å². The molecule has 112 valence electrons. The molecule has 20 heavy (non-hydrogen) atoms. The second-order valence-corrected chi connectivity index (χ2v) is 5.39. The highest BCUT2D eigenvalue weighted by Gasteiger charge is 2.21. The number of hydrogen-bond acceptors (Lipinski definition) is 6. The second kappa shape index (κ2) is 8.57. The third-order valence-corrected chi connectivity index (χ3v) is 3.87. The fraction of sp³-hybridized carbons (Fsp3) is 0.667. The lowest BCUT2D eigenvalue weighted by molar-refractivity contribution is -0.143. The smallest absolute Gasteiger partial charge is 0.342 e. The highest BCUT2D eigenvalue weighted by molar-refractivity contribution is 8.00. The van der Waals surface area contributed by atoms with Crippen molar-refractivity contribution < 1.29 is 9.53 Å². The fourth-order valence-electron chi connectivity index (χ4n) is 1.47. The van der Waals surface area contributed by atoms with Crippen molar-refractivity contribution >= 4 is 17.7 Å². The van der Waals surface area contributed by atoms with E-state index >= 15 is 0 Å². The highest BCUT2D eigenvalue weighted by atomic mass is 32.2. The number of aromatic amines is 2. The van der Waals surface area contributed by atoms with Gasteiger partial charge in [0.1, 0.15) is 5.25 Å². The van der Waals surface area contributed by atoms with Crippen LogP contribution in [-0.2, 0) is 9.53 Å². The zero-order valence-corrected chi connectivity index (χ0v) is 12.4. The number of esters is 1. The molecule has 0 bridgehead atoms. The Labute approximate surface area is 120 Å². The maximum Gasteiger partial charge on any atom is 0.342 e. The molecule has 0 spiro atoms. The van der Waals surface area contributed by atoms with Gasteiger partial charge in [-0.1, -0.05) is 38.5 Å². The van der Waals surface area contributed by atoms with Gasteiger partial charge in [-0.2, -0.15) is 5.10 Å². The molecule has 0 fully saturated rings. The summed E-state index contributed by atoms with van der Waals surface area (Å²) in [5.74, 6) is -0.360. The Hall–Kier alpha value is -1.57. The van der Waals surface area contributed by atoms with Gasteiger partial charge in [0.15, 0.2) is 5.03 Å². The Bertz CT molecular complexity index is 540. The van der Waals surface area contributed by atoms with Crippen molar-refractivity contribution in [2.75, 3.05) is 6.61 Å². The number of aromatic nitrogens is 3. The number of thioether (sulfide) groups is 1. The van der Waals surface area contributed by atoms with E-state index in [9.17, 15) is 14.4 Å². The molecule has 0 aliphatic heterocycles. The van der Waals surface area contributed by atoms with E-state index in [2.05, 4.69) is 22.1 Å². The molecular formula is C12H19N3O4S. The van der Waals surface area contributed by atoms with E-state index in [0.29, 0.717) is 13.0 Å². The number of carbonyl (C=O) groups is 1. The maximum absolute atomic E-state index is 11.9. The van der Waals surface area contributed by atoms with Gasteiger partial charge >= 0.3 is 11.7 Å². The normalized spacial score (nSPS) is 12.1. The molecule has 7 nitrogen and oxygen atoms in total. The number of ether oxygens (including phenoxy) is 1. The van der Waals surface area contributed by atoms with Gasteiger partial charge < -0.3 is 4.74 Å². The Morgan fingerprint density at radius 2 is 2.10 bits per heavy atom. The molecule has 0 amide bonds. The highest BCUT2D eigenvalue weighted by Crippen LogP contribution is 2.21. The van der Waals surface area contributed by atoms with Crippen LogP contribution in [0.5, 0.6) is 0 Å². The Morgan fingerprint density at radius 1 is 1.35 bits per heavy atom. The van der Waals surface area contributed by atoms with E-state index in [1.165, 1.54) is 0 Å². The van der Waals surface area contributed by atoms with Crippen LogP contribution in [0.2, 0.25) is 0 Å². The van der Waals surface area contributed by atoms with Crippen LogP contribution in [0.1, 0.15) is 39.5 Å². The number of nitrogens with zero attached hydrogens (tertiary/aromatic N) is 1. The quantitative estimate of drug-likeness (QED) is 0.422. The zero-order chi connectivity index (χ0) is 15.0. The molecule has 0 aliphatic rings. The van der Waals surface area contributed by atoms with Crippen molar-refractivity contribution in [3.8, 4) is 0 Å². The molecule has 1 heterocycles. The first-order valence-electron chi connectivity index (χ1n) is 6.60. The van der Waals surface area contributed by atoms with Crippen molar-refractivity contribution in [2.45, 2.75) is 49.8 Å². The molecular weight excluding hydrogens is 282 g/mol. The first-order valence-corrected chi connectivity index (χ1v) is 7.48. The van der Waals surface area contributed by atoms with Crippen molar-refractivity contribution in [2.24, 2.45) is 0 Å². The first kappa shape index (κ1) is 16.5. The van der Waals surface area contributed by atoms with Gasteiger partial charge in [0.2, 0.25) is 0 Å². The number of carbonyl (C=O) groups excluding carboxylic acids is 1. The van der Waals surface area contributed by atoms with Crippen LogP contribution in [0.15, 0.2) is 14.6 Å². The average molecular weight is 301 g/mol. The molecule has 0 saturated heterocycles. The van der Waals surface area contributed by atoms with E-state index in [0.717, 1.165) is 31.0 Å². The second-order valence-electron chi connectivity index (χ2n) is 4.20. The predicted octanol–water partition coefficient (Wildman–Crippen LogP) is 1.06. The standard InChI is InChI=1S/C12H19N3O4S/c1-3-5-6-7-19-11(17)8(4-2)20-10-9(16)13-12(18)15-14-10/h8H,3-7H2,1-2H3,(H2,13,15,16,18)/t8-/m0/s1. The van der Waals surface area contributed by atoms with Gasteiger partial charge in [-0.15, -0.1) is 0 Å². The molecule has 0 radical (unpaired) electrons. The Kier molecular flexibility index (Phi) is 7.06. The lowest BCUT2D eigenvalue weighted by atomic mass is 10.3. The van der Waals surface area contributed by atoms with Gasteiger partial charge in [-0.05, 0) is 12.8 Å². The van der Waals surface area contributed by atoms with Crippen LogP contribution in [0.3, 0.4) is 0 Å². The molecule has 0 aromatic carbocycles. The topological polar surface area (TPSA) is 105 Å². The Balaban J connectivity index is 2.59. The van der Waals surface area contributed by atoms with E-state index in [1.807, 2.05) is 6.92 Å². The third kappa shape index (κ3) is 5.20. The molecule has 0 saturated carbocycles. The summed E-state index contributed by atoms with van der Waals surface area (Å²) in [6.45, 7) is 4.28. The number of rotatable bonds is 8. The lowest BCUT2D eigenvalue weighted by Crippen LogP contribution is -2.27. The summed E-state index contributed by atoms with van der Waals surface area (Å²) in [5, 5.41) is 5.32. The number of H-pyrrole nitrogens is 2. The van der Waals surface area contributed by atoms with Gasteiger partial charge in [0, 0.05) is 0 Å². The molecule has 0 unspecified atom stereocenters. The largest absolute Gasteiger partial charge is 0.465 e. The third-order valence-electron chi connectivity index (χ3n) is 2.56. The van der Waals surface area contributed by atoms with Crippen LogP contribution in [-0.4, -0.2) is 33.0 Å². The van der Waals surface area contributed by atoms with Crippen LogP contribution < -0.4 is 11.2 Å². The van der Waals surface area contributed by atoms with Crippen molar-refractivity contribution in [3.63, 3.8) is 0 Å². The van der Waals surface area contributed by atoms with Crippen LogP contribution in [0.25, 0.3) is 0 Å². The summed E-state index contributed by atoms with van der Waals surface area (Å²) in [5.41, 5.74) is -1.27. The molecule has 1 aromatic heterocycles. The predicted molar refractivity (Wildman–Crippen MR) is 75.9 cm³/mol. The van der Waals surface area contributed by atoms with Gasteiger partial charge in [-0.25, -0.2) is 9.89 Å². The van der Waals surface area contributed by atoms with Crippen LogP contribution >= 0.6 is 11.8 Å². The Morgan fingerprint density at radius 3 is 2.70 bits per heavy atom. The zero-order valence-electron chi connectivity index (χ0n) is 11.6. The SMILES string of the molecule is CCCCCOC(=O)[C@H](CC)Sc1n[nH]c(=O)[nH]c1=O. The molecule has 1 atom stereocenters. The van der Waals surface area contributed by atoms with Crippen molar-refractivity contribution in [3.05, 3.63) is 20.8 Å². The summed E-state index contributed by atoms with van der Waals surface area (Å²) in [7, 11) is 0. The van der Waals surface area contributed by atoms with E-state index in [4.69, 9.17) is 4.74 Å². The minimum absolute atomic E-state index is 0.0574. The maximum atomic E-state index is 11.9. The lowest BCUT2D eigenvalue weighted by Gasteiger charge is -2.12. The number of nitrogens with one attached hydrogen (secondary N) is 2. The van der Waals surface area contributed by atoms with Gasteiger partial charge in [0.25, 0.3) is 5.56 Å². The molecule has 1 aromatic rings. The van der Waals surface area contributed by atoms with Crippen LogP contribution in [0, 0.1) is 0 Å². The summed E-state index contributed by atoms with van der Waals surface area (Å²) >= 11 is 0.996. The van der Waals surface area contributed by atoms with Crippen molar-refractivity contribution in [1.29, 1.82) is 0 Å². The van der Waals surface area contributed by atoms with Gasteiger partial charge in [-0.3, -0.25) is 14.6 Å². The molecule has 8 heteroatoms. The van der Waals surface area contributed by atoms with E-state index in [-0.39, 0.29) is 11.0 Å². The summed E-state index contributed by atoms with van der Waals surface area (Å²) in [4.78, 5) is 36.3. The van der Waals surface area contributed by atoms with E-state index in [1.54, 1.807) is 0 Å². The minimum Gasteiger partial charge on any atom is -0.465 e. The summed E-state index contributed by atoms with van der Waals surface area (Å²) in [6.07, 6.45) is 3.41. The number of unbranched alkanes of at least 4 members (excludes halogenated alkanes) is 2. The fourth-order valence-corrected chi connectivity index (χ4v) is 2.32. The summed E-state index contributed by atoms with van der Waals surface area (Å²) in [6, 6.07) is 0. The average Bonchev–Trinajstić information content (AvgIpc) is 2.42. The van der Waals surface area contributed by atoms with Gasteiger partial charge in [0.05, 0.1) is 6.61 Å². The van der Waals surface area contributed by atoms with Crippen LogP contribution in [0.4, 0.5) is 0 Å². The molecule has 2 N–H and O–H groups in total. The first-order chi connectivity index (χ1) is 9.58.